The highest BCUT2D eigenvalue weighted by molar-refractivity contribution is 6.04. The average molecular weight is 357 g/mol. The molecule has 0 fully saturated rings. The summed E-state index contributed by atoms with van der Waals surface area (Å²) in [6, 6.07) is 16.3. The Hall–Kier alpha value is -3.47. The van der Waals surface area contributed by atoms with E-state index in [9.17, 15) is 9.90 Å². The Bertz CT molecular complexity index is 1100. The van der Waals surface area contributed by atoms with Crippen molar-refractivity contribution in [2.24, 2.45) is 0 Å². The fraction of sp³-hybridized carbons (Fsp3) is 0.136. The van der Waals surface area contributed by atoms with Crippen LogP contribution in [0.1, 0.15) is 12.0 Å². The lowest BCUT2D eigenvalue weighted by atomic mass is 9.99. The van der Waals surface area contributed by atoms with Gasteiger partial charge in [-0.15, -0.1) is 0 Å². The number of nitrogens with zero attached hydrogens (tertiary/aromatic N) is 3. The van der Waals surface area contributed by atoms with Gasteiger partial charge in [-0.2, -0.15) is 0 Å². The molecule has 0 amide bonds. The third-order valence-corrected chi connectivity index (χ3v) is 4.66. The van der Waals surface area contributed by atoms with Crippen molar-refractivity contribution in [1.82, 2.24) is 14.5 Å². The molecular formula is C22H19N3O2. The Morgan fingerprint density at radius 2 is 1.78 bits per heavy atom. The zero-order valence-electron chi connectivity index (χ0n) is 15.0. The maximum Gasteiger partial charge on any atom is 0.305 e. The van der Waals surface area contributed by atoms with Crippen LogP contribution in [0.2, 0.25) is 0 Å². The molecule has 134 valence electrons. The maximum atomic E-state index is 11.3. The van der Waals surface area contributed by atoms with Gasteiger partial charge in [0.1, 0.15) is 6.33 Å². The molecular weight excluding hydrogens is 338 g/mol. The van der Waals surface area contributed by atoms with Crippen LogP contribution in [-0.4, -0.2) is 25.6 Å². The number of fused-ring (bicyclic) bond motifs is 1. The maximum absolute atomic E-state index is 11.3. The van der Waals surface area contributed by atoms with Crippen LogP contribution in [0, 0.1) is 6.92 Å². The SMILES string of the molecule is Cc1ccc2c(c1)c(-c1cncnc1)c(-c1ccccc1)n2CCC(=O)O. The fourth-order valence-corrected chi connectivity index (χ4v) is 3.52. The topological polar surface area (TPSA) is 68.0 Å². The second-order valence-corrected chi connectivity index (χ2v) is 6.53. The summed E-state index contributed by atoms with van der Waals surface area (Å²) >= 11 is 0. The molecule has 2 heterocycles. The number of aliphatic carboxylic acids is 1. The van der Waals surface area contributed by atoms with Crippen LogP contribution >= 0.6 is 0 Å². The Labute approximate surface area is 157 Å². The minimum absolute atomic E-state index is 0.0578. The van der Waals surface area contributed by atoms with Gasteiger partial charge in [0.05, 0.1) is 12.1 Å². The Morgan fingerprint density at radius 1 is 1.04 bits per heavy atom. The predicted molar refractivity (Wildman–Crippen MR) is 105 cm³/mol. The van der Waals surface area contributed by atoms with Crippen LogP contribution in [0.3, 0.4) is 0 Å². The summed E-state index contributed by atoms with van der Waals surface area (Å²) in [5.74, 6) is -0.812. The molecule has 0 aliphatic carbocycles. The Morgan fingerprint density at radius 3 is 2.48 bits per heavy atom. The molecule has 0 atom stereocenters. The summed E-state index contributed by atoms with van der Waals surface area (Å²) in [6.07, 6.45) is 5.18. The third-order valence-electron chi connectivity index (χ3n) is 4.66. The predicted octanol–water partition coefficient (Wildman–Crippen LogP) is 4.55. The van der Waals surface area contributed by atoms with Crippen molar-refractivity contribution in [3.05, 3.63) is 72.8 Å². The van der Waals surface area contributed by atoms with Crippen molar-refractivity contribution in [2.45, 2.75) is 19.9 Å². The molecule has 4 aromatic rings. The lowest BCUT2D eigenvalue weighted by molar-refractivity contribution is -0.137. The van der Waals surface area contributed by atoms with Crippen LogP contribution in [0.4, 0.5) is 0 Å². The number of carboxylic acid groups (broad SMARTS) is 1. The Kier molecular flexibility index (Phi) is 4.42. The minimum atomic E-state index is -0.812. The van der Waals surface area contributed by atoms with E-state index in [0.717, 1.165) is 38.9 Å². The molecule has 0 unspecified atom stereocenters. The molecule has 0 aliphatic heterocycles. The van der Waals surface area contributed by atoms with Crippen molar-refractivity contribution in [3.8, 4) is 22.4 Å². The van der Waals surface area contributed by atoms with Crippen LogP contribution < -0.4 is 0 Å². The van der Waals surface area contributed by atoms with Crippen molar-refractivity contribution in [3.63, 3.8) is 0 Å². The molecule has 2 aromatic carbocycles. The summed E-state index contributed by atoms with van der Waals surface area (Å²) in [7, 11) is 0. The van der Waals surface area contributed by atoms with E-state index < -0.39 is 5.97 Å². The zero-order valence-corrected chi connectivity index (χ0v) is 15.0. The van der Waals surface area contributed by atoms with Gasteiger partial charge in [0.15, 0.2) is 0 Å². The van der Waals surface area contributed by atoms with E-state index in [0.29, 0.717) is 6.54 Å². The zero-order chi connectivity index (χ0) is 18.8. The molecule has 1 N–H and O–H groups in total. The number of carboxylic acids is 1. The molecule has 27 heavy (non-hydrogen) atoms. The highest BCUT2D eigenvalue weighted by atomic mass is 16.4. The van der Waals surface area contributed by atoms with Gasteiger partial charge in [-0.1, -0.05) is 42.0 Å². The second kappa shape index (κ2) is 7.03. The van der Waals surface area contributed by atoms with Crippen LogP contribution in [0.5, 0.6) is 0 Å². The van der Waals surface area contributed by atoms with Crippen molar-refractivity contribution < 1.29 is 9.90 Å². The first kappa shape index (κ1) is 17.0. The van der Waals surface area contributed by atoms with E-state index in [-0.39, 0.29) is 6.42 Å². The van der Waals surface area contributed by atoms with Gasteiger partial charge in [0.25, 0.3) is 0 Å². The molecule has 2 aromatic heterocycles. The highest BCUT2D eigenvalue weighted by Crippen LogP contribution is 2.41. The van der Waals surface area contributed by atoms with E-state index in [4.69, 9.17) is 0 Å². The smallest absolute Gasteiger partial charge is 0.305 e. The van der Waals surface area contributed by atoms with Crippen LogP contribution in [-0.2, 0) is 11.3 Å². The van der Waals surface area contributed by atoms with E-state index in [1.165, 1.54) is 6.33 Å². The lowest BCUT2D eigenvalue weighted by Gasteiger charge is -2.12. The van der Waals surface area contributed by atoms with Gasteiger partial charge < -0.3 is 9.67 Å². The largest absolute Gasteiger partial charge is 0.481 e. The summed E-state index contributed by atoms with van der Waals surface area (Å²) < 4.78 is 2.10. The van der Waals surface area contributed by atoms with E-state index in [2.05, 4.69) is 39.7 Å². The third kappa shape index (κ3) is 3.19. The number of rotatable bonds is 5. The Balaban J connectivity index is 2.09. The minimum Gasteiger partial charge on any atom is -0.481 e. The molecule has 5 nitrogen and oxygen atoms in total. The molecule has 0 aliphatic rings. The number of benzene rings is 2. The molecule has 0 bridgehead atoms. The highest BCUT2D eigenvalue weighted by Gasteiger charge is 2.20. The molecule has 4 rings (SSSR count). The molecule has 5 heteroatoms. The van der Waals surface area contributed by atoms with Gasteiger partial charge >= 0.3 is 5.97 Å². The summed E-state index contributed by atoms with van der Waals surface area (Å²) in [5, 5.41) is 10.3. The number of carbonyl (C=O) groups is 1. The first-order valence-corrected chi connectivity index (χ1v) is 8.80. The summed E-state index contributed by atoms with van der Waals surface area (Å²) in [5.41, 5.74) is 6.14. The fourth-order valence-electron chi connectivity index (χ4n) is 3.52. The van der Waals surface area contributed by atoms with Gasteiger partial charge in [0.2, 0.25) is 0 Å². The van der Waals surface area contributed by atoms with E-state index in [1.54, 1.807) is 12.4 Å². The average Bonchev–Trinajstić information content (AvgIpc) is 3.01. The number of hydrogen-bond donors (Lipinski definition) is 1. The van der Waals surface area contributed by atoms with E-state index in [1.807, 2.05) is 30.3 Å². The summed E-state index contributed by atoms with van der Waals surface area (Å²) in [4.78, 5) is 19.6. The van der Waals surface area contributed by atoms with Gasteiger partial charge in [-0.05, 0) is 24.6 Å². The van der Waals surface area contributed by atoms with Crippen molar-refractivity contribution in [2.75, 3.05) is 0 Å². The van der Waals surface area contributed by atoms with Gasteiger partial charge in [0, 0.05) is 41.0 Å². The number of hydrogen-bond acceptors (Lipinski definition) is 3. The lowest BCUT2D eigenvalue weighted by Crippen LogP contribution is -2.06. The van der Waals surface area contributed by atoms with Gasteiger partial charge in [-0.25, -0.2) is 9.97 Å². The molecule has 0 saturated carbocycles. The monoisotopic (exact) mass is 357 g/mol. The first-order chi connectivity index (χ1) is 13.1. The van der Waals surface area contributed by atoms with Crippen LogP contribution in [0.15, 0.2) is 67.3 Å². The summed E-state index contributed by atoms with van der Waals surface area (Å²) in [6.45, 7) is 2.45. The second-order valence-electron chi connectivity index (χ2n) is 6.53. The number of aromatic nitrogens is 3. The first-order valence-electron chi connectivity index (χ1n) is 8.80. The van der Waals surface area contributed by atoms with Gasteiger partial charge in [-0.3, -0.25) is 4.79 Å². The molecule has 0 saturated heterocycles. The quantitative estimate of drug-likeness (QED) is 0.569. The van der Waals surface area contributed by atoms with Crippen molar-refractivity contribution in [1.29, 1.82) is 0 Å². The van der Waals surface area contributed by atoms with E-state index >= 15 is 0 Å². The normalized spacial score (nSPS) is 11.0. The van der Waals surface area contributed by atoms with Crippen LogP contribution in [0.25, 0.3) is 33.3 Å². The number of aryl methyl sites for hydroxylation is 2. The van der Waals surface area contributed by atoms with Crippen molar-refractivity contribution >= 4 is 16.9 Å². The molecule has 0 radical (unpaired) electrons. The standard InChI is InChI=1S/C22H19N3O2/c1-15-7-8-19-18(11-15)21(17-12-23-14-24-13-17)22(16-5-3-2-4-6-16)25(19)10-9-20(26)27/h2-8,11-14H,9-10H2,1H3,(H,26,27). The molecule has 0 spiro atoms.